The van der Waals surface area contributed by atoms with E-state index < -0.39 is 35.4 Å². The van der Waals surface area contributed by atoms with Gasteiger partial charge in [-0.25, -0.2) is 0 Å². The first kappa shape index (κ1) is 22.3. The number of carbonyl (C=O) groups is 3. The molecule has 30 heavy (non-hydrogen) atoms. The number of nitro benzene ring substituents is 1. The minimum atomic E-state index is -1.08. The van der Waals surface area contributed by atoms with E-state index >= 15 is 0 Å². The predicted molar refractivity (Wildman–Crippen MR) is 110 cm³/mol. The fourth-order valence-corrected chi connectivity index (χ4v) is 2.39. The lowest BCUT2D eigenvalue weighted by molar-refractivity contribution is -0.384. The van der Waals surface area contributed by atoms with Crippen LogP contribution in [0.3, 0.4) is 0 Å². The van der Waals surface area contributed by atoms with Gasteiger partial charge in [-0.05, 0) is 37.3 Å². The highest BCUT2D eigenvalue weighted by atomic mass is 16.6. The van der Waals surface area contributed by atoms with Gasteiger partial charge in [-0.15, -0.1) is 0 Å². The number of carbonyl (C=O) groups excluding carboxylic acids is 3. The Balaban J connectivity index is 1.83. The predicted octanol–water partition coefficient (Wildman–Crippen LogP) is 1.96. The van der Waals surface area contributed by atoms with E-state index in [2.05, 4.69) is 10.6 Å². The second kappa shape index (κ2) is 10.0. The normalized spacial score (nSPS) is 11.2. The van der Waals surface area contributed by atoms with Gasteiger partial charge in [-0.3, -0.25) is 24.5 Å². The van der Waals surface area contributed by atoms with Gasteiger partial charge in [0, 0.05) is 43.2 Å². The monoisotopic (exact) mass is 414 g/mol. The average Bonchev–Trinajstić information content (AvgIpc) is 2.72. The molecule has 2 N–H and O–H groups in total. The van der Waals surface area contributed by atoms with Crippen molar-refractivity contribution in [2.24, 2.45) is 0 Å². The number of amides is 2. The van der Waals surface area contributed by atoms with Gasteiger partial charge in [0.1, 0.15) is 6.54 Å². The van der Waals surface area contributed by atoms with Crippen molar-refractivity contribution in [2.45, 2.75) is 13.0 Å². The number of non-ortho nitro benzene ring substituents is 1. The molecule has 0 saturated heterocycles. The first-order valence-corrected chi connectivity index (χ1v) is 8.97. The lowest BCUT2D eigenvalue weighted by Gasteiger charge is -2.15. The molecular formula is C20H22N4O6. The summed E-state index contributed by atoms with van der Waals surface area (Å²) in [5.41, 5.74) is 1.30. The van der Waals surface area contributed by atoms with Gasteiger partial charge < -0.3 is 20.3 Å². The lowest BCUT2D eigenvalue weighted by Crippen LogP contribution is -2.35. The third-order valence-corrected chi connectivity index (χ3v) is 4.04. The Morgan fingerprint density at radius 3 is 2.40 bits per heavy atom. The van der Waals surface area contributed by atoms with Gasteiger partial charge in [-0.2, -0.15) is 0 Å². The van der Waals surface area contributed by atoms with E-state index in [1.165, 1.54) is 25.1 Å². The number of hydrogen-bond acceptors (Lipinski definition) is 7. The van der Waals surface area contributed by atoms with E-state index in [4.69, 9.17) is 4.74 Å². The zero-order chi connectivity index (χ0) is 22.3. The van der Waals surface area contributed by atoms with Crippen LogP contribution in [0.15, 0.2) is 48.5 Å². The van der Waals surface area contributed by atoms with Gasteiger partial charge >= 0.3 is 5.97 Å². The van der Waals surface area contributed by atoms with Crippen LogP contribution >= 0.6 is 0 Å². The number of rotatable bonds is 8. The Hall–Kier alpha value is -3.95. The van der Waals surface area contributed by atoms with Crippen LogP contribution in [0.5, 0.6) is 0 Å². The summed E-state index contributed by atoms with van der Waals surface area (Å²) >= 11 is 0. The number of nitrogens with one attached hydrogen (secondary N) is 2. The van der Waals surface area contributed by atoms with Crippen LogP contribution in [0.2, 0.25) is 0 Å². The van der Waals surface area contributed by atoms with Crippen molar-refractivity contribution in [2.75, 3.05) is 30.9 Å². The van der Waals surface area contributed by atoms with Crippen LogP contribution in [0, 0.1) is 10.1 Å². The largest absolute Gasteiger partial charge is 0.451 e. The highest BCUT2D eigenvalue weighted by molar-refractivity contribution is 5.97. The molecule has 0 radical (unpaired) electrons. The molecular weight excluding hydrogens is 392 g/mol. The SMILES string of the molecule is CC(OC(=O)CNC(=O)c1cccc([N+](=O)[O-])c1)C(=O)Nc1ccc(N(C)C)cc1. The van der Waals surface area contributed by atoms with Crippen LogP contribution < -0.4 is 15.5 Å². The molecule has 2 amide bonds. The number of nitrogens with zero attached hydrogens (tertiary/aromatic N) is 2. The fourth-order valence-electron chi connectivity index (χ4n) is 2.39. The number of benzene rings is 2. The molecule has 0 aliphatic heterocycles. The summed E-state index contributed by atoms with van der Waals surface area (Å²) in [6.45, 7) is 0.917. The van der Waals surface area contributed by atoms with Crippen LogP contribution in [-0.4, -0.2) is 49.5 Å². The smallest absolute Gasteiger partial charge is 0.326 e. The number of esters is 1. The van der Waals surface area contributed by atoms with Crippen molar-refractivity contribution < 1.29 is 24.0 Å². The molecule has 10 heteroatoms. The Morgan fingerprint density at radius 1 is 1.13 bits per heavy atom. The number of ether oxygens (including phenoxy) is 1. The van der Waals surface area contributed by atoms with Crippen molar-refractivity contribution in [3.63, 3.8) is 0 Å². The summed E-state index contributed by atoms with van der Waals surface area (Å²) in [7, 11) is 3.79. The molecule has 1 unspecified atom stereocenters. The van der Waals surface area contributed by atoms with E-state index in [9.17, 15) is 24.5 Å². The highest BCUT2D eigenvalue weighted by Gasteiger charge is 2.19. The van der Waals surface area contributed by atoms with Crippen LogP contribution in [0.4, 0.5) is 17.1 Å². The van der Waals surface area contributed by atoms with Crippen molar-refractivity contribution in [1.82, 2.24) is 5.32 Å². The number of anilines is 2. The molecule has 2 rings (SSSR count). The van der Waals surface area contributed by atoms with E-state index in [1.54, 1.807) is 12.1 Å². The van der Waals surface area contributed by atoms with Gasteiger partial charge in [0.15, 0.2) is 6.10 Å². The Kier molecular flexibility index (Phi) is 7.45. The molecule has 0 aliphatic rings. The minimum Gasteiger partial charge on any atom is -0.451 e. The molecule has 0 aliphatic carbocycles. The molecule has 0 aromatic heterocycles. The van der Waals surface area contributed by atoms with E-state index in [0.29, 0.717) is 5.69 Å². The summed E-state index contributed by atoms with van der Waals surface area (Å²) in [6, 6.07) is 12.2. The quantitative estimate of drug-likeness (QED) is 0.383. The minimum absolute atomic E-state index is 0.0314. The second-order valence-electron chi connectivity index (χ2n) is 6.55. The third kappa shape index (κ3) is 6.30. The molecule has 0 heterocycles. The molecule has 0 spiro atoms. The molecule has 0 saturated carbocycles. The Labute approximate surface area is 173 Å². The van der Waals surface area contributed by atoms with E-state index in [1.807, 2.05) is 31.1 Å². The summed E-state index contributed by atoms with van der Waals surface area (Å²) in [4.78, 5) is 48.2. The van der Waals surface area contributed by atoms with Crippen molar-refractivity contribution in [3.05, 3.63) is 64.2 Å². The zero-order valence-corrected chi connectivity index (χ0v) is 16.7. The van der Waals surface area contributed by atoms with E-state index in [-0.39, 0.29) is 11.3 Å². The lowest BCUT2D eigenvalue weighted by atomic mass is 10.2. The Bertz CT molecular complexity index is 943. The van der Waals surface area contributed by atoms with Crippen molar-refractivity contribution in [1.29, 1.82) is 0 Å². The van der Waals surface area contributed by atoms with Crippen molar-refractivity contribution in [3.8, 4) is 0 Å². The molecule has 1 atom stereocenters. The molecule has 10 nitrogen and oxygen atoms in total. The second-order valence-corrected chi connectivity index (χ2v) is 6.55. The molecule has 0 fully saturated rings. The highest BCUT2D eigenvalue weighted by Crippen LogP contribution is 2.16. The van der Waals surface area contributed by atoms with Gasteiger partial charge in [0.2, 0.25) is 0 Å². The molecule has 2 aromatic rings. The van der Waals surface area contributed by atoms with Gasteiger partial charge in [0.25, 0.3) is 17.5 Å². The molecule has 0 bridgehead atoms. The van der Waals surface area contributed by atoms with Crippen LogP contribution in [0.1, 0.15) is 17.3 Å². The van der Waals surface area contributed by atoms with Gasteiger partial charge in [0.05, 0.1) is 4.92 Å². The topological polar surface area (TPSA) is 131 Å². The summed E-state index contributed by atoms with van der Waals surface area (Å²) < 4.78 is 5.01. The third-order valence-electron chi connectivity index (χ3n) is 4.04. The standard InChI is InChI=1S/C20H22N4O6/c1-13(19(26)22-15-7-9-16(10-8-15)23(2)3)30-18(25)12-21-20(27)14-5-4-6-17(11-14)24(28)29/h4-11,13H,12H2,1-3H3,(H,21,27)(H,22,26). The van der Waals surface area contributed by atoms with Crippen LogP contribution in [-0.2, 0) is 14.3 Å². The van der Waals surface area contributed by atoms with Crippen molar-refractivity contribution >= 4 is 34.8 Å². The van der Waals surface area contributed by atoms with Gasteiger partial charge in [-0.1, -0.05) is 6.07 Å². The van der Waals surface area contributed by atoms with E-state index in [0.717, 1.165) is 11.8 Å². The average molecular weight is 414 g/mol. The zero-order valence-electron chi connectivity index (χ0n) is 16.7. The fraction of sp³-hybridized carbons (Fsp3) is 0.250. The first-order chi connectivity index (χ1) is 14.2. The number of hydrogen-bond donors (Lipinski definition) is 2. The summed E-state index contributed by atoms with van der Waals surface area (Å²) in [6.07, 6.45) is -1.08. The molecule has 158 valence electrons. The molecule has 2 aromatic carbocycles. The summed E-state index contributed by atoms with van der Waals surface area (Å²) in [5.74, 6) is -2.01. The Morgan fingerprint density at radius 2 is 1.80 bits per heavy atom. The maximum Gasteiger partial charge on any atom is 0.326 e. The number of nitro groups is 1. The first-order valence-electron chi connectivity index (χ1n) is 8.97. The van der Waals surface area contributed by atoms with Crippen LogP contribution in [0.25, 0.3) is 0 Å². The maximum absolute atomic E-state index is 12.2. The summed E-state index contributed by atoms with van der Waals surface area (Å²) in [5, 5.41) is 15.7. The maximum atomic E-state index is 12.2.